The molecule has 8 heteroatoms. The van der Waals surface area contributed by atoms with E-state index < -0.39 is 23.3 Å². The number of aromatic nitrogens is 2. The molecule has 1 aromatic heterocycles. The van der Waals surface area contributed by atoms with Crippen molar-refractivity contribution in [3.05, 3.63) is 77.3 Å². The fraction of sp³-hybridized carbons (Fsp3) is 0. The van der Waals surface area contributed by atoms with Crippen molar-refractivity contribution >= 4 is 23.2 Å². The van der Waals surface area contributed by atoms with Gasteiger partial charge in [-0.2, -0.15) is 4.39 Å². The number of hydrogen-bond acceptors (Lipinski definition) is 4. The first-order chi connectivity index (χ1) is 12.0. The Morgan fingerprint density at radius 1 is 1.12 bits per heavy atom. The Bertz CT molecular complexity index is 923. The van der Waals surface area contributed by atoms with E-state index in [9.17, 15) is 13.6 Å². The highest BCUT2D eigenvalue weighted by Gasteiger charge is 2.15. The van der Waals surface area contributed by atoms with E-state index in [1.165, 1.54) is 24.8 Å². The molecule has 1 N–H and O–H groups in total. The number of nitrogens with one attached hydrogen (secondary N) is 1. The van der Waals surface area contributed by atoms with E-state index in [-0.39, 0.29) is 17.0 Å². The first-order valence-electron chi connectivity index (χ1n) is 7.02. The quantitative estimate of drug-likeness (QED) is 0.745. The Hall–Kier alpha value is -3.06. The lowest BCUT2D eigenvalue weighted by molar-refractivity contribution is 0.102. The van der Waals surface area contributed by atoms with Gasteiger partial charge in [0.1, 0.15) is 6.33 Å². The number of carbonyl (C=O) groups excluding carboxylic acids is 1. The van der Waals surface area contributed by atoms with Crippen molar-refractivity contribution in [3.63, 3.8) is 0 Å². The number of hydrogen-bond donors (Lipinski definition) is 1. The Morgan fingerprint density at radius 2 is 1.88 bits per heavy atom. The van der Waals surface area contributed by atoms with Crippen LogP contribution in [0, 0.1) is 11.6 Å². The maximum Gasteiger partial charge on any atom is 0.255 e. The highest BCUT2D eigenvalue weighted by atomic mass is 35.5. The van der Waals surface area contributed by atoms with Gasteiger partial charge in [-0.25, -0.2) is 14.4 Å². The van der Waals surface area contributed by atoms with E-state index in [4.69, 9.17) is 16.3 Å². The third-order valence-corrected chi connectivity index (χ3v) is 3.34. The normalized spacial score (nSPS) is 10.4. The number of carbonyl (C=O) groups is 1. The largest absolute Gasteiger partial charge is 0.451 e. The first-order valence-corrected chi connectivity index (χ1v) is 7.39. The van der Waals surface area contributed by atoms with Crippen molar-refractivity contribution in [3.8, 4) is 11.5 Å². The molecular weight excluding hydrogens is 352 g/mol. The van der Waals surface area contributed by atoms with Crippen molar-refractivity contribution in [2.45, 2.75) is 0 Å². The average molecular weight is 362 g/mol. The van der Waals surface area contributed by atoms with Crippen LogP contribution in [0.25, 0.3) is 0 Å². The van der Waals surface area contributed by atoms with Gasteiger partial charge in [-0.3, -0.25) is 4.79 Å². The summed E-state index contributed by atoms with van der Waals surface area (Å²) < 4.78 is 32.9. The minimum Gasteiger partial charge on any atom is -0.451 e. The van der Waals surface area contributed by atoms with Gasteiger partial charge in [-0.05, 0) is 18.2 Å². The number of amides is 1. The molecule has 3 aromatic rings. The molecule has 3 rings (SSSR count). The zero-order chi connectivity index (χ0) is 17.8. The van der Waals surface area contributed by atoms with Crippen LogP contribution in [0.2, 0.25) is 5.02 Å². The molecule has 126 valence electrons. The summed E-state index contributed by atoms with van der Waals surface area (Å²) in [6.07, 6.45) is 3.86. The molecule has 0 saturated heterocycles. The summed E-state index contributed by atoms with van der Waals surface area (Å²) in [6.45, 7) is 0. The zero-order valence-electron chi connectivity index (χ0n) is 12.5. The van der Waals surface area contributed by atoms with Crippen LogP contribution < -0.4 is 10.1 Å². The van der Waals surface area contributed by atoms with Gasteiger partial charge in [0, 0.05) is 28.4 Å². The van der Waals surface area contributed by atoms with Gasteiger partial charge in [-0.15, -0.1) is 0 Å². The highest BCUT2D eigenvalue weighted by Crippen LogP contribution is 2.29. The van der Waals surface area contributed by atoms with E-state index >= 15 is 0 Å². The van der Waals surface area contributed by atoms with Crippen molar-refractivity contribution in [1.82, 2.24) is 9.97 Å². The predicted molar refractivity (Wildman–Crippen MR) is 87.9 cm³/mol. The Labute approximate surface area is 146 Å². The van der Waals surface area contributed by atoms with Gasteiger partial charge in [-0.1, -0.05) is 17.7 Å². The van der Waals surface area contributed by atoms with Gasteiger partial charge >= 0.3 is 0 Å². The van der Waals surface area contributed by atoms with Gasteiger partial charge < -0.3 is 10.1 Å². The second kappa shape index (κ2) is 7.23. The lowest BCUT2D eigenvalue weighted by atomic mass is 10.2. The summed E-state index contributed by atoms with van der Waals surface area (Å²) in [6, 6.07) is 8.23. The monoisotopic (exact) mass is 361 g/mol. The van der Waals surface area contributed by atoms with E-state index in [0.717, 1.165) is 12.1 Å². The number of nitrogens with zero attached hydrogens (tertiary/aromatic N) is 2. The molecular formula is C17H10ClF2N3O2. The second-order valence-electron chi connectivity index (χ2n) is 4.91. The molecule has 25 heavy (non-hydrogen) atoms. The molecule has 2 aromatic carbocycles. The maximum absolute atomic E-state index is 13.9. The summed E-state index contributed by atoms with van der Waals surface area (Å²) in [5.74, 6) is -3.17. The highest BCUT2D eigenvalue weighted by molar-refractivity contribution is 6.31. The lowest BCUT2D eigenvalue weighted by Gasteiger charge is -2.10. The smallest absolute Gasteiger partial charge is 0.255 e. The van der Waals surface area contributed by atoms with Gasteiger partial charge in [0.05, 0.1) is 12.4 Å². The topological polar surface area (TPSA) is 64.1 Å². The second-order valence-corrected chi connectivity index (χ2v) is 5.35. The van der Waals surface area contributed by atoms with Crippen LogP contribution >= 0.6 is 11.6 Å². The molecule has 0 saturated carbocycles. The number of rotatable bonds is 4. The zero-order valence-corrected chi connectivity index (χ0v) is 13.3. The molecule has 0 aliphatic heterocycles. The molecule has 0 spiro atoms. The minimum absolute atomic E-state index is 0.0238. The molecule has 1 heterocycles. The summed E-state index contributed by atoms with van der Waals surface area (Å²) in [7, 11) is 0. The summed E-state index contributed by atoms with van der Waals surface area (Å²) >= 11 is 5.83. The summed E-state index contributed by atoms with van der Waals surface area (Å²) in [4.78, 5) is 19.6. The van der Waals surface area contributed by atoms with E-state index in [0.29, 0.717) is 5.02 Å². The van der Waals surface area contributed by atoms with Crippen molar-refractivity contribution in [2.24, 2.45) is 0 Å². The SMILES string of the molecule is O=C(Nc1cc(F)c(F)c(Oc2cncnc2)c1)c1cccc(Cl)c1. The molecule has 0 atom stereocenters. The van der Waals surface area contributed by atoms with Gasteiger partial charge in [0.25, 0.3) is 5.91 Å². The molecule has 5 nitrogen and oxygen atoms in total. The van der Waals surface area contributed by atoms with Crippen LogP contribution in [-0.4, -0.2) is 15.9 Å². The molecule has 0 aliphatic rings. The Balaban J connectivity index is 1.86. The molecule has 0 fully saturated rings. The number of halogens is 3. The van der Waals surface area contributed by atoms with E-state index in [1.54, 1.807) is 18.2 Å². The van der Waals surface area contributed by atoms with Crippen LogP contribution in [-0.2, 0) is 0 Å². The Morgan fingerprint density at radius 3 is 2.60 bits per heavy atom. The van der Waals surface area contributed by atoms with Crippen molar-refractivity contribution < 1.29 is 18.3 Å². The fourth-order valence-electron chi connectivity index (χ4n) is 2.01. The third kappa shape index (κ3) is 4.07. The molecule has 0 unspecified atom stereocenters. The van der Waals surface area contributed by atoms with Crippen LogP contribution in [0.3, 0.4) is 0 Å². The maximum atomic E-state index is 13.9. The van der Waals surface area contributed by atoms with Crippen LogP contribution in [0.5, 0.6) is 11.5 Å². The van der Waals surface area contributed by atoms with Crippen molar-refractivity contribution in [1.29, 1.82) is 0 Å². The van der Waals surface area contributed by atoms with Crippen LogP contribution in [0.1, 0.15) is 10.4 Å². The lowest BCUT2D eigenvalue weighted by Crippen LogP contribution is -2.12. The number of ether oxygens (including phenoxy) is 1. The average Bonchev–Trinajstić information content (AvgIpc) is 2.60. The minimum atomic E-state index is -1.19. The summed E-state index contributed by atoms with van der Waals surface area (Å²) in [5, 5.41) is 2.84. The van der Waals surface area contributed by atoms with E-state index in [1.807, 2.05) is 0 Å². The van der Waals surface area contributed by atoms with Crippen molar-refractivity contribution in [2.75, 3.05) is 5.32 Å². The third-order valence-electron chi connectivity index (χ3n) is 3.10. The number of benzene rings is 2. The van der Waals surface area contributed by atoms with Gasteiger partial charge in [0.15, 0.2) is 17.3 Å². The Kier molecular flexibility index (Phi) is 4.85. The molecule has 0 radical (unpaired) electrons. The first kappa shape index (κ1) is 16.8. The van der Waals surface area contributed by atoms with Crippen LogP contribution in [0.4, 0.5) is 14.5 Å². The number of anilines is 1. The molecule has 0 bridgehead atoms. The van der Waals surface area contributed by atoms with Gasteiger partial charge in [0.2, 0.25) is 5.82 Å². The summed E-state index contributed by atoms with van der Waals surface area (Å²) in [5.41, 5.74) is 0.298. The predicted octanol–water partition coefficient (Wildman–Crippen LogP) is 4.45. The van der Waals surface area contributed by atoms with E-state index in [2.05, 4.69) is 15.3 Å². The molecule has 0 aliphatic carbocycles. The fourth-order valence-corrected chi connectivity index (χ4v) is 2.20. The molecule has 1 amide bonds. The van der Waals surface area contributed by atoms with Crippen LogP contribution in [0.15, 0.2) is 55.1 Å². The standard InChI is InChI=1S/C17H10ClF2N3O2/c18-11-3-1-2-10(4-11)17(24)23-12-5-14(19)16(20)15(6-12)25-13-7-21-9-22-8-13/h1-9H,(H,23,24).